The van der Waals surface area contributed by atoms with Crippen LogP contribution in [0.25, 0.3) is 0 Å². The van der Waals surface area contributed by atoms with Crippen LogP contribution in [0.5, 0.6) is 0 Å². The molecule has 0 spiro atoms. The highest BCUT2D eigenvalue weighted by Crippen LogP contribution is 2.52. The van der Waals surface area contributed by atoms with Gasteiger partial charge in [0.15, 0.2) is 0 Å². The SMILES string of the molecule is OCC#CCC(O)(Cn1cncn1)C1(Cl)CC1. The summed E-state index contributed by atoms with van der Waals surface area (Å²) in [5.41, 5.74) is -1.13. The first kappa shape index (κ1) is 12.4. The van der Waals surface area contributed by atoms with E-state index in [4.69, 9.17) is 16.7 Å². The van der Waals surface area contributed by atoms with Crippen LogP contribution in [0.3, 0.4) is 0 Å². The molecule has 1 aromatic heterocycles. The molecule has 0 aromatic carbocycles. The van der Waals surface area contributed by atoms with Gasteiger partial charge in [0.1, 0.15) is 24.9 Å². The zero-order valence-corrected chi connectivity index (χ0v) is 10.1. The predicted octanol–water partition coefficient (Wildman–Crippen LogP) is 0.166. The zero-order valence-electron chi connectivity index (χ0n) is 9.30. The van der Waals surface area contributed by atoms with Crippen LogP contribution >= 0.6 is 11.6 Å². The highest BCUT2D eigenvalue weighted by Gasteiger charge is 2.57. The van der Waals surface area contributed by atoms with Crippen LogP contribution < -0.4 is 0 Å². The third kappa shape index (κ3) is 2.60. The monoisotopic (exact) mass is 255 g/mol. The van der Waals surface area contributed by atoms with Crippen molar-refractivity contribution in [1.82, 2.24) is 14.8 Å². The molecule has 1 heterocycles. The van der Waals surface area contributed by atoms with E-state index in [9.17, 15) is 5.11 Å². The molecule has 0 bridgehead atoms. The second-order valence-corrected chi connectivity index (χ2v) is 5.00. The largest absolute Gasteiger partial charge is 0.385 e. The van der Waals surface area contributed by atoms with E-state index < -0.39 is 10.5 Å². The van der Waals surface area contributed by atoms with Gasteiger partial charge in [-0.05, 0) is 12.8 Å². The van der Waals surface area contributed by atoms with Crippen LogP contribution in [0, 0.1) is 11.8 Å². The summed E-state index contributed by atoms with van der Waals surface area (Å²) in [6.45, 7) is 0.0469. The fourth-order valence-electron chi connectivity index (χ4n) is 1.78. The Morgan fingerprint density at radius 1 is 1.47 bits per heavy atom. The number of halogens is 1. The average molecular weight is 256 g/mol. The van der Waals surface area contributed by atoms with Crippen molar-refractivity contribution in [2.45, 2.75) is 36.3 Å². The van der Waals surface area contributed by atoms with E-state index in [0.29, 0.717) is 0 Å². The van der Waals surface area contributed by atoms with E-state index in [2.05, 4.69) is 21.9 Å². The minimum Gasteiger partial charge on any atom is -0.385 e. The minimum atomic E-state index is -1.13. The van der Waals surface area contributed by atoms with Gasteiger partial charge in [-0.3, -0.25) is 0 Å². The van der Waals surface area contributed by atoms with Gasteiger partial charge in [0, 0.05) is 6.42 Å². The summed E-state index contributed by atoms with van der Waals surface area (Å²) in [6, 6.07) is 0. The van der Waals surface area contributed by atoms with Crippen LogP contribution in [-0.2, 0) is 6.54 Å². The first-order valence-corrected chi connectivity index (χ1v) is 5.78. The fourth-order valence-corrected chi connectivity index (χ4v) is 2.00. The van der Waals surface area contributed by atoms with Crippen LogP contribution in [-0.4, -0.2) is 42.1 Å². The van der Waals surface area contributed by atoms with Gasteiger partial charge in [0.05, 0.1) is 11.4 Å². The molecule has 92 valence electrons. The lowest BCUT2D eigenvalue weighted by Gasteiger charge is -2.30. The quantitative estimate of drug-likeness (QED) is 0.594. The Morgan fingerprint density at radius 3 is 2.76 bits per heavy atom. The first-order chi connectivity index (χ1) is 8.10. The number of hydrogen-bond acceptors (Lipinski definition) is 4. The third-order valence-corrected chi connectivity index (χ3v) is 3.73. The molecule has 1 saturated carbocycles. The van der Waals surface area contributed by atoms with Crippen molar-refractivity contribution in [2.24, 2.45) is 0 Å². The van der Waals surface area contributed by atoms with Crippen molar-refractivity contribution < 1.29 is 10.2 Å². The molecule has 1 aliphatic carbocycles. The van der Waals surface area contributed by atoms with Crippen LogP contribution in [0.4, 0.5) is 0 Å². The molecule has 2 rings (SSSR count). The van der Waals surface area contributed by atoms with Gasteiger partial charge >= 0.3 is 0 Å². The molecule has 6 heteroatoms. The van der Waals surface area contributed by atoms with Crippen LogP contribution in [0.1, 0.15) is 19.3 Å². The summed E-state index contributed by atoms with van der Waals surface area (Å²) in [5.74, 6) is 5.26. The lowest BCUT2D eigenvalue weighted by Crippen LogP contribution is -2.44. The summed E-state index contributed by atoms with van der Waals surface area (Å²) in [6.07, 6.45) is 4.69. The average Bonchev–Trinajstić information content (AvgIpc) is 2.86. The van der Waals surface area contributed by atoms with E-state index in [1.54, 1.807) is 4.68 Å². The van der Waals surface area contributed by atoms with E-state index in [-0.39, 0.29) is 19.6 Å². The third-order valence-electron chi connectivity index (χ3n) is 3.00. The molecule has 1 unspecified atom stereocenters. The maximum Gasteiger partial charge on any atom is 0.137 e. The maximum atomic E-state index is 10.6. The molecular formula is C11H14ClN3O2. The topological polar surface area (TPSA) is 71.2 Å². The van der Waals surface area contributed by atoms with Gasteiger partial charge in [0.25, 0.3) is 0 Å². The molecule has 5 nitrogen and oxygen atoms in total. The van der Waals surface area contributed by atoms with Gasteiger partial charge < -0.3 is 10.2 Å². The zero-order chi connectivity index (χ0) is 12.4. The van der Waals surface area contributed by atoms with Crippen molar-refractivity contribution in [3.05, 3.63) is 12.7 Å². The highest BCUT2D eigenvalue weighted by atomic mass is 35.5. The van der Waals surface area contributed by atoms with Crippen molar-refractivity contribution in [1.29, 1.82) is 0 Å². The second-order valence-electron chi connectivity index (χ2n) is 4.28. The van der Waals surface area contributed by atoms with Gasteiger partial charge in [0.2, 0.25) is 0 Å². The van der Waals surface area contributed by atoms with Gasteiger partial charge in [-0.25, -0.2) is 9.67 Å². The Balaban J connectivity index is 2.12. The Labute approximate surface area is 104 Å². The van der Waals surface area contributed by atoms with E-state index in [1.165, 1.54) is 12.7 Å². The van der Waals surface area contributed by atoms with Crippen LogP contribution in [0.2, 0.25) is 0 Å². The lowest BCUT2D eigenvalue weighted by molar-refractivity contribution is 0.0122. The molecule has 0 amide bonds. The van der Waals surface area contributed by atoms with Crippen molar-refractivity contribution in [3.63, 3.8) is 0 Å². The summed E-state index contributed by atoms with van der Waals surface area (Å²) >= 11 is 6.31. The fraction of sp³-hybridized carbons (Fsp3) is 0.636. The smallest absolute Gasteiger partial charge is 0.137 e. The van der Waals surface area contributed by atoms with Gasteiger partial charge in [-0.2, -0.15) is 5.10 Å². The number of nitrogens with zero attached hydrogens (tertiary/aromatic N) is 3. The number of aliphatic hydroxyl groups excluding tert-OH is 1. The minimum absolute atomic E-state index is 0.214. The molecule has 1 atom stereocenters. The number of aromatic nitrogens is 3. The Kier molecular flexibility index (Phi) is 3.38. The molecule has 2 N–H and O–H groups in total. The maximum absolute atomic E-state index is 10.6. The summed E-state index contributed by atoms with van der Waals surface area (Å²) in [7, 11) is 0. The molecule has 17 heavy (non-hydrogen) atoms. The number of alkyl halides is 1. The highest BCUT2D eigenvalue weighted by molar-refractivity contribution is 6.26. The van der Waals surface area contributed by atoms with Gasteiger partial charge in [-0.1, -0.05) is 11.8 Å². The lowest BCUT2D eigenvalue weighted by atomic mass is 9.93. The Hall–Kier alpha value is -1.09. The summed E-state index contributed by atoms with van der Waals surface area (Å²) < 4.78 is 1.54. The molecule has 1 aliphatic rings. The number of aliphatic hydroxyl groups is 2. The summed E-state index contributed by atoms with van der Waals surface area (Å²) in [5, 5.41) is 23.2. The molecule has 0 aliphatic heterocycles. The molecule has 1 aromatic rings. The van der Waals surface area contributed by atoms with E-state index in [1.807, 2.05) is 0 Å². The van der Waals surface area contributed by atoms with E-state index in [0.717, 1.165) is 12.8 Å². The van der Waals surface area contributed by atoms with Crippen molar-refractivity contribution in [3.8, 4) is 11.8 Å². The standard InChI is InChI=1S/C11H14ClN3O2/c12-10(4-5-10)11(17,3-1-2-6-16)7-15-9-13-8-14-15/h8-9,16-17H,3-7H2. The van der Waals surface area contributed by atoms with E-state index >= 15 is 0 Å². The number of rotatable bonds is 4. The number of hydrogen-bond donors (Lipinski definition) is 2. The van der Waals surface area contributed by atoms with Gasteiger partial charge in [-0.15, -0.1) is 11.6 Å². The Morgan fingerprint density at radius 2 is 2.24 bits per heavy atom. The van der Waals surface area contributed by atoms with Crippen molar-refractivity contribution >= 4 is 11.6 Å². The molecule has 0 radical (unpaired) electrons. The Bertz CT molecular complexity index is 433. The second kappa shape index (κ2) is 4.65. The van der Waals surface area contributed by atoms with Crippen LogP contribution in [0.15, 0.2) is 12.7 Å². The molecular weight excluding hydrogens is 242 g/mol. The summed E-state index contributed by atoms with van der Waals surface area (Å²) in [4.78, 5) is 3.20. The predicted molar refractivity (Wildman–Crippen MR) is 62.3 cm³/mol. The molecule has 1 fully saturated rings. The molecule has 0 saturated heterocycles. The van der Waals surface area contributed by atoms with Crippen molar-refractivity contribution in [2.75, 3.05) is 6.61 Å². The normalized spacial score (nSPS) is 20.2. The first-order valence-electron chi connectivity index (χ1n) is 5.40.